The summed E-state index contributed by atoms with van der Waals surface area (Å²) in [5, 5.41) is 20.1. The largest absolute Gasteiger partial charge is 0.491 e. The van der Waals surface area contributed by atoms with E-state index in [0.29, 0.717) is 5.92 Å². The van der Waals surface area contributed by atoms with E-state index in [0.717, 1.165) is 5.69 Å². The van der Waals surface area contributed by atoms with E-state index in [-0.39, 0.29) is 23.0 Å². The van der Waals surface area contributed by atoms with Crippen molar-refractivity contribution in [2.75, 3.05) is 5.32 Å². The van der Waals surface area contributed by atoms with Gasteiger partial charge in [-0.2, -0.15) is 9.97 Å². The highest BCUT2D eigenvalue weighted by Gasteiger charge is 2.16. The summed E-state index contributed by atoms with van der Waals surface area (Å²) in [5.74, 6) is 0.673. The third kappa shape index (κ3) is 2.81. The van der Waals surface area contributed by atoms with Crippen molar-refractivity contribution in [3.63, 3.8) is 0 Å². The highest BCUT2D eigenvalue weighted by atomic mass is 16.6. The van der Waals surface area contributed by atoms with Gasteiger partial charge in [0.25, 0.3) is 5.88 Å². The number of rotatable bonds is 3. The molecule has 7 heteroatoms. The van der Waals surface area contributed by atoms with Crippen LogP contribution in [-0.2, 0) is 0 Å². The fourth-order valence-electron chi connectivity index (χ4n) is 3.12. The molecular formula is C16H17N5O2. The van der Waals surface area contributed by atoms with Crippen LogP contribution in [0.2, 0.25) is 0 Å². The van der Waals surface area contributed by atoms with Gasteiger partial charge in [-0.1, -0.05) is 31.4 Å². The van der Waals surface area contributed by atoms with Crippen LogP contribution in [0.25, 0.3) is 11.3 Å². The molecule has 0 saturated heterocycles. The van der Waals surface area contributed by atoms with Crippen molar-refractivity contribution in [1.29, 1.82) is 0 Å². The molecule has 0 spiro atoms. The van der Waals surface area contributed by atoms with Crippen LogP contribution in [0.3, 0.4) is 0 Å². The van der Waals surface area contributed by atoms with Gasteiger partial charge in [-0.05, 0) is 46.8 Å². The van der Waals surface area contributed by atoms with Gasteiger partial charge >= 0.3 is 0 Å². The fourth-order valence-corrected chi connectivity index (χ4v) is 3.12. The Balaban J connectivity index is 1.54. The molecule has 0 radical (unpaired) electrons. The molecule has 0 unspecified atom stereocenters. The van der Waals surface area contributed by atoms with E-state index in [1.165, 1.54) is 37.7 Å². The Kier molecular flexibility index (Phi) is 3.53. The molecule has 0 bridgehead atoms. The van der Waals surface area contributed by atoms with Crippen molar-refractivity contribution in [1.82, 2.24) is 20.3 Å². The fraction of sp³-hybridized carbons (Fsp3) is 0.375. The van der Waals surface area contributed by atoms with Crippen molar-refractivity contribution < 1.29 is 9.74 Å². The van der Waals surface area contributed by atoms with Crippen LogP contribution in [0.4, 0.5) is 11.5 Å². The maximum Gasteiger partial charge on any atom is 0.257 e. The van der Waals surface area contributed by atoms with E-state index in [1.807, 2.05) is 12.1 Å². The Morgan fingerprint density at radius 3 is 2.39 bits per heavy atom. The number of anilines is 2. The number of fused-ring (bicyclic) bond motifs is 1. The lowest BCUT2D eigenvalue weighted by Gasteiger charge is -2.22. The van der Waals surface area contributed by atoms with E-state index >= 15 is 0 Å². The average molecular weight is 311 g/mol. The summed E-state index contributed by atoms with van der Waals surface area (Å²) in [5.41, 5.74) is 2.65. The molecule has 0 aliphatic heterocycles. The SMILES string of the molecule is Oc1nc2nonc2nc1Nc1ccc(C2CCCCC2)cc1. The second-order valence-corrected chi connectivity index (χ2v) is 5.89. The average Bonchev–Trinajstić information content (AvgIpc) is 3.04. The maximum atomic E-state index is 9.90. The first-order chi connectivity index (χ1) is 11.3. The zero-order chi connectivity index (χ0) is 15.6. The Morgan fingerprint density at radius 1 is 0.957 bits per heavy atom. The second kappa shape index (κ2) is 5.83. The standard InChI is InChI=1S/C16H17N5O2/c22-16-15(18-13-14(19-16)21-23-20-13)17-12-8-6-11(7-9-12)10-4-2-1-3-5-10/h6-10H,1-5H2,(H,17,18,20)(H,19,21,22). The van der Waals surface area contributed by atoms with Crippen LogP contribution in [0.15, 0.2) is 28.9 Å². The van der Waals surface area contributed by atoms with Gasteiger partial charge in [0.1, 0.15) is 0 Å². The van der Waals surface area contributed by atoms with Crippen molar-refractivity contribution in [2.24, 2.45) is 0 Å². The van der Waals surface area contributed by atoms with Crippen LogP contribution in [0, 0.1) is 0 Å². The van der Waals surface area contributed by atoms with Gasteiger partial charge in [0.15, 0.2) is 5.82 Å². The highest BCUT2D eigenvalue weighted by molar-refractivity contribution is 5.70. The highest BCUT2D eigenvalue weighted by Crippen LogP contribution is 2.33. The first-order valence-corrected chi connectivity index (χ1v) is 7.86. The van der Waals surface area contributed by atoms with Gasteiger partial charge in [-0.15, -0.1) is 0 Å². The summed E-state index contributed by atoms with van der Waals surface area (Å²) in [6.45, 7) is 0. The molecule has 4 rings (SSSR count). The predicted molar refractivity (Wildman–Crippen MR) is 84.6 cm³/mol. The molecule has 23 heavy (non-hydrogen) atoms. The minimum absolute atomic E-state index is 0.181. The molecule has 118 valence electrons. The molecule has 1 aromatic carbocycles. The lowest BCUT2D eigenvalue weighted by atomic mass is 9.84. The van der Waals surface area contributed by atoms with Crippen molar-refractivity contribution in [2.45, 2.75) is 38.0 Å². The van der Waals surface area contributed by atoms with Crippen molar-refractivity contribution in [3.8, 4) is 5.88 Å². The molecule has 1 saturated carbocycles. The molecule has 7 nitrogen and oxygen atoms in total. The maximum absolute atomic E-state index is 9.90. The van der Waals surface area contributed by atoms with Crippen LogP contribution in [0.5, 0.6) is 5.88 Å². The van der Waals surface area contributed by atoms with Gasteiger partial charge in [-0.3, -0.25) is 0 Å². The van der Waals surface area contributed by atoms with Crippen LogP contribution >= 0.6 is 0 Å². The minimum atomic E-state index is -0.232. The second-order valence-electron chi connectivity index (χ2n) is 5.89. The molecule has 0 atom stereocenters. The van der Waals surface area contributed by atoms with Crippen LogP contribution in [0.1, 0.15) is 43.6 Å². The molecule has 0 amide bonds. The zero-order valence-electron chi connectivity index (χ0n) is 12.6. The van der Waals surface area contributed by atoms with Crippen molar-refractivity contribution >= 4 is 22.8 Å². The summed E-state index contributed by atoms with van der Waals surface area (Å²) in [6.07, 6.45) is 6.54. The van der Waals surface area contributed by atoms with E-state index in [2.05, 4.69) is 42.4 Å². The third-order valence-electron chi connectivity index (χ3n) is 4.35. The number of benzene rings is 1. The Bertz CT molecular complexity index is 809. The molecule has 2 heterocycles. The number of aromatic nitrogens is 4. The zero-order valence-corrected chi connectivity index (χ0v) is 12.6. The number of nitrogens with zero attached hydrogens (tertiary/aromatic N) is 4. The molecule has 2 aromatic heterocycles. The first-order valence-electron chi connectivity index (χ1n) is 7.86. The van der Waals surface area contributed by atoms with Gasteiger partial charge in [0.2, 0.25) is 11.3 Å². The summed E-state index contributed by atoms with van der Waals surface area (Å²) >= 11 is 0. The quantitative estimate of drug-likeness (QED) is 0.763. The Labute approximate surface area is 132 Å². The molecule has 1 aliphatic carbocycles. The van der Waals surface area contributed by atoms with Gasteiger partial charge in [-0.25, -0.2) is 4.63 Å². The Morgan fingerprint density at radius 2 is 1.65 bits per heavy atom. The molecule has 1 aliphatic rings. The monoisotopic (exact) mass is 311 g/mol. The molecule has 2 N–H and O–H groups in total. The summed E-state index contributed by atoms with van der Waals surface area (Å²) < 4.78 is 4.54. The molecule has 3 aromatic rings. The van der Waals surface area contributed by atoms with Gasteiger partial charge in [0.05, 0.1) is 0 Å². The topological polar surface area (TPSA) is 97.0 Å². The third-order valence-corrected chi connectivity index (χ3v) is 4.35. The number of nitrogens with one attached hydrogen (secondary N) is 1. The minimum Gasteiger partial charge on any atom is -0.491 e. The van der Waals surface area contributed by atoms with E-state index in [9.17, 15) is 5.11 Å². The molecule has 1 fully saturated rings. The van der Waals surface area contributed by atoms with E-state index < -0.39 is 0 Å². The number of aromatic hydroxyl groups is 1. The summed E-state index contributed by atoms with van der Waals surface area (Å²) in [7, 11) is 0. The lowest BCUT2D eigenvalue weighted by Crippen LogP contribution is -2.04. The summed E-state index contributed by atoms with van der Waals surface area (Å²) in [6, 6.07) is 8.27. The first kappa shape index (κ1) is 13.9. The van der Waals surface area contributed by atoms with Crippen LogP contribution < -0.4 is 5.32 Å². The lowest BCUT2D eigenvalue weighted by molar-refractivity contribution is 0.314. The van der Waals surface area contributed by atoms with Gasteiger partial charge in [0, 0.05) is 5.69 Å². The van der Waals surface area contributed by atoms with E-state index in [4.69, 9.17) is 0 Å². The predicted octanol–water partition coefficient (Wildman–Crippen LogP) is 3.51. The van der Waals surface area contributed by atoms with E-state index in [1.54, 1.807) is 0 Å². The van der Waals surface area contributed by atoms with Crippen LogP contribution in [-0.4, -0.2) is 25.4 Å². The van der Waals surface area contributed by atoms with Gasteiger partial charge < -0.3 is 10.4 Å². The number of hydrogen-bond acceptors (Lipinski definition) is 7. The summed E-state index contributed by atoms with van der Waals surface area (Å²) in [4.78, 5) is 8.04. The smallest absolute Gasteiger partial charge is 0.257 e. The molecular weight excluding hydrogens is 294 g/mol. The normalized spacial score (nSPS) is 15.8. The number of hydrogen-bond donors (Lipinski definition) is 2. The Hall–Kier alpha value is -2.70. The van der Waals surface area contributed by atoms with Crippen molar-refractivity contribution in [3.05, 3.63) is 29.8 Å².